The maximum atomic E-state index is 12.7. The number of hydrogen-bond donors (Lipinski definition) is 3. The van der Waals surface area contributed by atoms with Gasteiger partial charge in [0.1, 0.15) is 5.82 Å². The van der Waals surface area contributed by atoms with E-state index in [1.54, 1.807) is 6.92 Å². The van der Waals surface area contributed by atoms with Gasteiger partial charge in [0.05, 0.1) is 13.1 Å². The Morgan fingerprint density at radius 3 is 2.54 bits per heavy atom. The largest absolute Gasteiger partial charge is 0.383 e. The second-order valence-electron chi connectivity index (χ2n) is 6.27. The Kier molecular flexibility index (Phi) is 6.19. The predicted molar refractivity (Wildman–Crippen MR) is 93.5 cm³/mol. The molecular weight excluding hydrogens is 310 g/mol. The Bertz CT molecular complexity index is 688. The number of nitrogens with one attached hydrogen (secondary N) is 2. The molecule has 24 heavy (non-hydrogen) atoms. The van der Waals surface area contributed by atoms with Gasteiger partial charge in [-0.2, -0.15) is 0 Å². The highest BCUT2D eigenvalue weighted by Gasteiger charge is 2.27. The van der Waals surface area contributed by atoms with Gasteiger partial charge < -0.3 is 10.6 Å². The highest BCUT2D eigenvalue weighted by Crippen LogP contribution is 2.16. The predicted octanol–water partition coefficient (Wildman–Crippen LogP) is -1.05. The third kappa shape index (κ3) is 3.87. The van der Waals surface area contributed by atoms with Gasteiger partial charge in [0.25, 0.3) is 11.5 Å². The molecule has 2 heterocycles. The average molecular weight is 338 g/mol. The van der Waals surface area contributed by atoms with Gasteiger partial charge in [0.2, 0.25) is 0 Å². The van der Waals surface area contributed by atoms with Gasteiger partial charge in [-0.25, -0.2) is 4.79 Å². The third-order valence-electron chi connectivity index (χ3n) is 4.55. The number of rotatable bonds is 7. The van der Waals surface area contributed by atoms with E-state index in [0.717, 1.165) is 38.8 Å². The van der Waals surface area contributed by atoms with Crippen molar-refractivity contribution >= 4 is 17.4 Å². The number of carbonyl (C=O) groups excluding carboxylic acids is 1. The van der Waals surface area contributed by atoms with E-state index < -0.39 is 11.2 Å². The summed E-state index contributed by atoms with van der Waals surface area (Å²) in [6.45, 7) is 6.88. The van der Waals surface area contributed by atoms with Crippen LogP contribution in [0.25, 0.3) is 0 Å². The zero-order valence-corrected chi connectivity index (χ0v) is 14.6. The summed E-state index contributed by atoms with van der Waals surface area (Å²) in [6, 6.07) is 0. The fourth-order valence-electron chi connectivity index (χ4n) is 3.20. The maximum absolute atomic E-state index is 12.7. The van der Waals surface area contributed by atoms with Crippen molar-refractivity contribution < 1.29 is 9.69 Å². The molecule has 2 rings (SSSR count). The number of likely N-dealkylation sites (N-methyl/N-ethyl adjacent to an activating group) is 1. The Balaban J connectivity index is 2.34. The molecule has 0 aromatic carbocycles. The van der Waals surface area contributed by atoms with Crippen LogP contribution in [0.4, 0.5) is 11.5 Å². The normalized spacial score (nSPS) is 14.9. The van der Waals surface area contributed by atoms with E-state index in [-0.39, 0.29) is 17.4 Å². The molecular formula is C16H28N5O3+. The monoisotopic (exact) mass is 338 g/mol. The van der Waals surface area contributed by atoms with Crippen molar-refractivity contribution in [3.8, 4) is 0 Å². The topological polar surface area (TPSA) is 106 Å². The zero-order valence-electron chi connectivity index (χ0n) is 14.6. The summed E-state index contributed by atoms with van der Waals surface area (Å²) in [5.41, 5.74) is 5.06. The van der Waals surface area contributed by atoms with Crippen LogP contribution in [0.5, 0.6) is 0 Å². The fraction of sp³-hybridized carbons (Fsp3) is 0.688. The first kappa shape index (κ1) is 18.3. The molecule has 0 radical (unpaired) electrons. The number of nitrogens with two attached hydrogens (primary N) is 1. The molecule has 1 aromatic heterocycles. The second kappa shape index (κ2) is 8.14. The lowest BCUT2D eigenvalue weighted by Gasteiger charge is -2.24. The lowest BCUT2D eigenvalue weighted by atomic mass is 10.3. The van der Waals surface area contributed by atoms with Gasteiger partial charge >= 0.3 is 5.69 Å². The van der Waals surface area contributed by atoms with Crippen LogP contribution in [-0.4, -0.2) is 41.6 Å². The van der Waals surface area contributed by atoms with Gasteiger partial charge in [-0.05, 0) is 13.3 Å². The quantitative estimate of drug-likeness (QED) is 0.590. The van der Waals surface area contributed by atoms with Crippen LogP contribution in [-0.2, 0) is 11.3 Å². The number of anilines is 2. The summed E-state index contributed by atoms with van der Waals surface area (Å²) in [5.74, 6) is -0.0592. The minimum Gasteiger partial charge on any atom is -0.383 e. The molecule has 1 fully saturated rings. The summed E-state index contributed by atoms with van der Waals surface area (Å²) in [7, 11) is 0. The van der Waals surface area contributed by atoms with E-state index >= 15 is 0 Å². The van der Waals surface area contributed by atoms with Crippen molar-refractivity contribution in [1.29, 1.82) is 0 Å². The first-order chi connectivity index (χ1) is 11.5. The molecule has 1 saturated heterocycles. The van der Waals surface area contributed by atoms with Crippen molar-refractivity contribution in [2.75, 3.05) is 36.8 Å². The first-order valence-corrected chi connectivity index (χ1v) is 8.76. The molecule has 1 aromatic rings. The molecule has 0 atom stereocenters. The van der Waals surface area contributed by atoms with E-state index in [2.05, 4.69) is 4.98 Å². The number of hydrogen-bond acceptors (Lipinski definition) is 4. The zero-order chi connectivity index (χ0) is 17.7. The number of aromatic nitrogens is 2. The smallest absolute Gasteiger partial charge is 0.330 e. The number of nitrogen functional groups attached to an aromatic ring is 1. The summed E-state index contributed by atoms with van der Waals surface area (Å²) in [6.07, 6.45) is 3.92. The summed E-state index contributed by atoms with van der Waals surface area (Å²) in [4.78, 5) is 41.9. The van der Waals surface area contributed by atoms with Gasteiger partial charge in [-0.15, -0.1) is 0 Å². The molecule has 0 spiro atoms. The van der Waals surface area contributed by atoms with Gasteiger partial charge in [0, 0.05) is 25.9 Å². The Labute approximate surface area is 141 Å². The number of nitrogens with zero attached hydrogens (tertiary/aromatic N) is 2. The molecule has 1 aliphatic heterocycles. The van der Waals surface area contributed by atoms with Crippen LogP contribution < -0.4 is 26.8 Å². The highest BCUT2D eigenvalue weighted by atomic mass is 16.2. The number of carbonyl (C=O) groups is 1. The minimum absolute atomic E-state index is 0.0730. The van der Waals surface area contributed by atoms with Crippen LogP contribution in [0, 0.1) is 0 Å². The number of unbranched alkanes of at least 4 members (excludes halogenated alkanes) is 1. The van der Waals surface area contributed by atoms with Crippen LogP contribution in [0.1, 0.15) is 39.5 Å². The van der Waals surface area contributed by atoms with Crippen molar-refractivity contribution in [1.82, 2.24) is 9.55 Å². The van der Waals surface area contributed by atoms with Crippen molar-refractivity contribution in [2.45, 2.75) is 46.1 Å². The first-order valence-electron chi connectivity index (χ1n) is 8.76. The standard InChI is InChI=1S/C16H27N5O3/c1-3-5-10-21-14(17)13(15(23)18-16(21)24)20(4-2)12(22)11-19-8-6-7-9-19/h3-11,17H2,1-2H3,(H,18,23,24)/p+1. The van der Waals surface area contributed by atoms with Crippen LogP contribution >= 0.6 is 0 Å². The maximum Gasteiger partial charge on any atom is 0.330 e. The van der Waals surface area contributed by atoms with E-state index in [9.17, 15) is 14.4 Å². The van der Waals surface area contributed by atoms with Crippen molar-refractivity contribution in [3.05, 3.63) is 20.8 Å². The minimum atomic E-state index is -0.600. The molecule has 0 saturated carbocycles. The summed E-state index contributed by atoms with van der Waals surface area (Å²) < 4.78 is 1.35. The van der Waals surface area contributed by atoms with Crippen molar-refractivity contribution in [2.24, 2.45) is 0 Å². The summed E-state index contributed by atoms with van der Waals surface area (Å²) >= 11 is 0. The number of aromatic amines is 1. The van der Waals surface area contributed by atoms with E-state index in [1.807, 2.05) is 6.92 Å². The number of amides is 1. The lowest BCUT2D eigenvalue weighted by molar-refractivity contribution is -0.878. The van der Waals surface area contributed by atoms with Crippen LogP contribution in [0.2, 0.25) is 0 Å². The molecule has 134 valence electrons. The Morgan fingerprint density at radius 1 is 1.29 bits per heavy atom. The highest BCUT2D eigenvalue weighted by molar-refractivity contribution is 5.96. The summed E-state index contributed by atoms with van der Waals surface area (Å²) in [5, 5.41) is 0. The van der Waals surface area contributed by atoms with E-state index in [0.29, 0.717) is 19.6 Å². The fourth-order valence-corrected chi connectivity index (χ4v) is 3.20. The van der Waals surface area contributed by atoms with Crippen LogP contribution in [0.3, 0.4) is 0 Å². The molecule has 0 aliphatic carbocycles. The van der Waals surface area contributed by atoms with Gasteiger partial charge in [-0.1, -0.05) is 13.3 Å². The van der Waals surface area contributed by atoms with E-state index in [1.165, 1.54) is 14.4 Å². The number of likely N-dealkylation sites (tertiary alicyclic amines) is 1. The molecule has 0 unspecified atom stereocenters. The van der Waals surface area contributed by atoms with Crippen molar-refractivity contribution in [3.63, 3.8) is 0 Å². The number of H-pyrrole nitrogens is 1. The Hall–Kier alpha value is -2.09. The molecule has 8 nitrogen and oxygen atoms in total. The molecule has 4 N–H and O–H groups in total. The molecule has 1 amide bonds. The van der Waals surface area contributed by atoms with Gasteiger partial charge in [-0.3, -0.25) is 24.0 Å². The van der Waals surface area contributed by atoms with E-state index in [4.69, 9.17) is 5.73 Å². The van der Waals surface area contributed by atoms with Gasteiger partial charge in [0.15, 0.2) is 12.2 Å². The average Bonchev–Trinajstić information content (AvgIpc) is 3.03. The molecule has 0 bridgehead atoms. The molecule has 1 aliphatic rings. The lowest BCUT2D eigenvalue weighted by Crippen LogP contribution is -3.11. The Morgan fingerprint density at radius 2 is 1.96 bits per heavy atom. The van der Waals surface area contributed by atoms with Crippen LogP contribution in [0.15, 0.2) is 9.59 Å². The third-order valence-corrected chi connectivity index (χ3v) is 4.55. The number of quaternary nitrogens is 1. The molecule has 8 heteroatoms. The second-order valence-corrected chi connectivity index (χ2v) is 6.27. The SMILES string of the molecule is CCCCn1c(N)c(N(CC)C(=O)C[NH+]2CCCC2)c(=O)[nH]c1=O.